The number of nitrogens with zero attached hydrogens (tertiary/aromatic N) is 4. The van der Waals surface area contributed by atoms with Crippen molar-refractivity contribution in [3.05, 3.63) is 23.2 Å². The molecule has 2 rings (SSSR count). The van der Waals surface area contributed by atoms with Gasteiger partial charge in [-0.05, 0) is 42.0 Å². The Hall–Kier alpha value is -1.47. The summed E-state index contributed by atoms with van der Waals surface area (Å²) in [6.45, 7) is 1.99. The third-order valence-electron chi connectivity index (χ3n) is 2.99. The minimum Gasteiger partial charge on any atom is -0.398 e. The fraction of sp³-hybridized carbons (Fsp3) is 0.417. The average molecular weight is 314 g/mol. The second kappa shape index (κ2) is 6.32. The molecule has 0 aliphatic heterocycles. The van der Waals surface area contributed by atoms with Gasteiger partial charge in [0.15, 0.2) is 5.82 Å². The molecule has 2 N–H and O–H groups in total. The van der Waals surface area contributed by atoms with Crippen molar-refractivity contribution < 1.29 is 4.21 Å². The number of nitrogens with two attached hydrogens (primary N) is 1. The summed E-state index contributed by atoms with van der Waals surface area (Å²) in [5.74, 6) is 1.24. The zero-order chi connectivity index (χ0) is 14.7. The van der Waals surface area contributed by atoms with Gasteiger partial charge in [0.05, 0.1) is 16.8 Å². The number of nitrogen functional groups attached to an aromatic ring is 1. The Morgan fingerprint density at radius 1 is 1.50 bits per heavy atom. The number of rotatable bonds is 5. The summed E-state index contributed by atoms with van der Waals surface area (Å²) in [5, 5.41) is 12.2. The van der Waals surface area contributed by atoms with Crippen LogP contribution in [0.2, 0.25) is 5.02 Å². The van der Waals surface area contributed by atoms with E-state index in [1.165, 1.54) is 0 Å². The maximum absolute atomic E-state index is 11.2. The summed E-state index contributed by atoms with van der Waals surface area (Å²) in [6, 6.07) is 5.35. The SMILES string of the molecule is CC(CCS(C)=O)n1nnnc1-c1ccc(N)c(Cl)c1. The van der Waals surface area contributed by atoms with Crippen LogP contribution in [-0.4, -0.2) is 36.4 Å². The topological polar surface area (TPSA) is 86.7 Å². The first kappa shape index (κ1) is 14.9. The normalized spacial score (nSPS) is 14.2. The van der Waals surface area contributed by atoms with Crippen LogP contribution >= 0.6 is 11.6 Å². The molecule has 0 bridgehead atoms. The molecule has 2 atom stereocenters. The summed E-state index contributed by atoms with van der Waals surface area (Å²) in [6.07, 6.45) is 2.43. The van der Waals surface area contributed by atoms with Crippen LogP contribution in [0.1, 0.15) is 19.4 Å². The van der Waals surface area contributed by atoms with Crippen LogP contribution in [-0.2, 0) is 10.8 Å². The molecule has 0 amide bonds. The molecule has 0 saturated heterocycles. The molecule has 2 aromatic rings. The van der Waals surface area contributed by atoms with E-state index in [-0.39, 0.29) is 6.04 Å². The second-order valence-corrected chi connectivity index (χ2v) is 6.56. The van der Waals surface area contributed by atoms with Crippen molar-refractivity contribution in [3.8, 4) is 11.4 Å². The van der Waals surface area contributed by atoms with Crippen molar-refractivity contribution in [3.63, 3.8) is 0 Å². The predicted molar refractivity (Wildman–Crippen MR) is 80.9 cm³/mol. The first-order valence-corrected chi connectivity index (χ1v) is 8.23. The van der Waals surface area contributed by atoms with Crippen molar-refractivity contribution >= 4 is 28.1 Å². The van der Waals surface area contributed by atoms with Gasteiger partial charge >= 0.3 is 0 Å². The smallest absolute Gasteiger partial charge is 0.182 e. The van der Waals surface area contributed by atoms with Gasteiger partial charge in [0.1, 0.15) is 0 Å². The number of hydrogen-bond acceptors (Lipinski definition) is 5. The van der Waals surface area contributed by atoms with Crippen LogP contribution in [0.25, 0.3) is 11.4 Å². The Morgan fingerprint density at radius 3 is 2.90 bits per heavy atom. The van der Waals surface area contributed by atoms with E-state index in [4.69, 9.17) is 17.3 Å². The number of anilines is 1. The zero-order valence-electron chi connectivity index (χ0n) is 11.3. The molecule has 1 aromatic carbocycles. The molecule has 0 spiro atoms. The lowest BCUT2D eigenvalue weighted by molar-refractivity contribution is 0.470. The van der Waals surface area contributed by atoms with Gasteiger partial charge in [-0.15, -0.1) is 5.10 Å². The Bertz CT molecular complexity index is 630. The third-order valence-corrected chi connectivity index (χ3v) is 4.13. The monoisotopic (exact) mass is 313 g/mol. The Kier molecular flexibility index (Phi) is 4.72. The van der Waals surface area contributed by atoms with Gasteiger partial charge in [-0.3, -0.25) is 4.21 Å². The van der Waals surface area contributed by atoms with Crippen LogP contribution in [0.15, 0.2) is 18.2 Å². The zero-order valence-corrected chi connectivity index (χ0v) is 12.9. The largest absolute Gasteiger partial charge is 0.398 e. The lowest BCUT2D eigenvalue weighted by atomic mass is 10.2. The number of tetrazole rings is 1. The highest BCUT2D eigenvalue weighted by molar-refractivity contribution is 7.84. The molecular formula is C12H16ClN5OS. The predicted octanol–water partition coefficient (Wildman–Crippen LogP) is 1.91. The van der Waals surface area contributed by atoms with Crippen molar-refractivity contribution in [2.45, 2.75) is 19.4 Å². The van der Waals surface area contributed by atoms with E-state index in [0.29, 0.717) is 22.3 Å². The number of aromatic nitrogens is 4. The maximum Gasteiger partial charge on any atom is 0.182 e. The first-order valence-electron chi connectivity index (χ1n) is 6.12. The fourth-order valence-corrected chi connectivity index (χ4v) is 2.66. The van der Waals surface area contributed by atoms with Gasteiger partial charge < -0.3 is 5.73 Å². The number of halogens is 1. The molecule has 108 valence electrons. The van der Waals surface area contributed by atoms with Gasteiger partial charge in [0.25, 0.3) is 0 Å². The van der Waals surface area contributed by atoms with Crippen molar-refractivity contribution in [2.24, 2.45) is 0 Å². The molecule has 20 heavy (non-hydrogen) atoms. The molecule has 1 aromatic heterocycles. The summed E-state index contributed by atoms with van der Waals surface area (Å²) >= 11 is 6.02. The van der Waals surface area contributed by atoms with E-state index in [1.807, 2.05) is 13.0 Å². The number of benzene rings is 1. The lowest BCUT2D eigenvalue weighted by Gasteiger charge is -2.13. The highest BCUT2D eigenvalue weighted by Crippen LogP contribution is 2.27. The standard InChI is InChI=1S/C12H16ClN5OS/c1-8(5-6-20(2)19)18-12(15-16-17-18)9-3-4-11(14)10(13)7-9/h3-4,7-8H,5-6,14H2,1-2H3. The molecule has 0 radical (unpaired) electrons. The summed E-state index contributed by atoms with van der Waals surface area (Å²) in [4.78, 5) is 0. The molecule has 0 fully saturated rings. The van der Waals surface area contributed by atoms with E-state index in [9.17, 15) is 4.21 Å². The Morgan fingerprint density at radius 2 is 2.25 bits per heavy atom. The fourth-order valence-electron chi connectivity index (χ4n) is 1.81. The maximum atomic E-state index is 11.2. The second-order valence-electron chi connectivity index (χ2n) is 4.60. The van der Waals surface area contributed by atoms with Crippen LogP contribution in [0.4, 0.5) is 5.69 Å². The van der Waals surface area contributed by atoms with E-state index < -0.39 is 10.8 Å². The van der Waals surface area contributed by atoms with Gasteiger partial charge in [0, 0.05) is 28.4 Å². The molecule has 2 unspecified atom stereocenters. The summed E-state index contributed by atoms with van der Waals surface area (Å²) < 4.78 is 12.9. The first-order chi connectivity index (χ1) is 9.49. The van der Waals surface area contributed by atoms with Crippen molar-refractivity contribution in [1.82, 2.24) is 20.2 Å². The molecule has 0 saturated carbocycles. The van der Waals surface area contributed by atoms with Gasteiger partial charge in [0.2, 0.25) is 0 Å². The molecule has 0 aliphatic rings. The van der Waals surface area contributed by atoms with Crippen LogP contribution in [0.3, 0.4) is 0 Å². The number of hydrogen-bond donors (Lipinski definition) is 1. The summed E-state index contributed by atoms with van der Waals surface area (Å²) in [7, 11) is -0.825. The molecular weight excluding hydrogens is 298 g/mol. The third kappa shape index (κ3) is 3.34. The minimum atomic E-state index is -0.825. The Balaban J connectivity index is 2.27. The molecule has 8 heteroatoms. The average Bonchev–Trinajstić information content (AvgIpc) is 2.88. The minimum absolute atomic E-state index is 0.0558. The quantitative estimate of drug-likeness (QED) is 0.852. The van der Waals surface area contributed by atoms with Crippen molar-refractivity contribution in [2.75, 3.05) is 17.7 Å². The van der Waals surface area contributed by atoms with Gasteiger partial charge in [-0.1, -0.05) is 11.6 Å². The lowest BCUT2D eigenvalue weighted by Crippen LogP contribution is -2.12. The van der Waals surface area contributed by atoms with Gasteiger partial charge in [-0.2, -0.15) is 0 Å². The van der Waals surface area contributed by atoms with Crippen LogP contribution in [0, 0.1) is 0 Å². The highest BCUT2D eigenvalue weighted by Gasteiger charge is 2.15. The molecule has 0 aliphatic carbocycles. The molecule has 6 nitrogen and oxygen atoms in total. The highest BCUT2D eigenvalue weighted by atomic mass is 35.5. The van der Waals surface area contributed by atoms with Crippen LogP contribution in [0.5, 0.6) is 0 Å². The van der Waals surface area contributed by atoms with E-state index >= 15 is 0 Å². The molecule has 1 heterocycles. The van der Waals surface area contributed by atoms with E-state index in [1.54, 1.807) is 23.1 Å². The Labute approximate surface area is 124 Å². The van der Waals surface area contributed by atoms with Crippen molar-refractivity contribution in [1.29, 1.82) is 0 Å². The van der Waals surface area contributed by atoms with Gasteiger partial charge in [-0.25, -0.2) is 4.68 Å². The van der Waals surface area contributed by atoms with Crippen LogP contribution < -0.4 is 5.73 Å². The van der Waals surface area contributed by atoms with E-state index in [0.717, 1.165) is 12.0 Å². The summed E-state index contributed by atoms with van der Waals surface area (Å²) in [5.41, 5.74) is 7.02. The van der Waals surface area contributed by atoms with E-state index in [2.05, 4.69) is 15.5 Å².